The molecule has 0 atom stereocenters. The summed E-state index contributed by atoms with van der Waals surface area (Å²) in [7, 11) is -3.43. The third kappa shape index (κ3) is 4.01. The summed E-state index contributed by atoms with van der Waals surface area (Å²) in [5, 5.41) is 0. The van der Waals surface area contributed by atoms with Crippen molar-refractivity contribution in [2.75, 3.05) is 6.54 Å². The zero-order valence-corrected chi connectivity index (χ0v) is 13.1. The van der Waals surface area contributed by atoms with Gasteiger partial charge in [0, 0.05) is 22.8 Å². The van der Waals surface area contributed by atoms with Crippen LogP contribution in [0.25, 0.3) is 0 Å². The van der Waals surface area contributed by atoms with Crippen LogP contribution in [0.1, 0.15) is 9.75 Å². The molecule has 2 rings (SSSR count). The van der Waals surface area contributed by atoms with Gasteiger partial charge in [-0.05, 0) is 30.7 Å². The first-order valence-corrected chi connectivity index (χ1v) is 9.03. The normalized spacial score (nSPS) is 11.9. The maximum Gasteiger partial charge on any atom is 0.250 e. The molecule has 0 aliphatic heterocycles. The Morgan fingerprint density at radius 1 is 1.16 bits per heavy atom. The lowest BCUT2D eigenvalue weighted by Crippen LogP contribution is -2.25. The van der Waals surface area contributed by atoms with Gasteiger partial charge in [0.05, 0.1) is 4.34 Å². The van der Waals surface area contributed by atoms with E-state index in [1.54, 1.807) is 12.1 Å². The van der Waals surface area contributed by atoms with E-state index in [0.29, 0.717) is 28.1 Å². The van der Waals surface area contributed by atoms with Gasteiger partial charge in [-0.15, -0.1) is 22.7 Å². The third-order valence-electron chi connectivity index (χ3n) is 2.40. The highest BCUT2D eigenvalue weighted by molar-refractivity contribution is 7.91. The SMILES string of the molecule is NCc1ccc(S(=O)(=O)NCCc2ccc(Cl)s2)s1. The summed E-state index contributed by atoms with van der Waals surface area (Å²) in [6.45, 7) is 0.711. The molecule has 4 nitrogen and oxygen atoms in total. The molecule has 0 unspecified atom stereocenters. The predicted molar refractivity (Wildman–Crippen MR) is 80.4 cm³/mol. The van der Waals surface area contributed by atoms with E-state index in [2.05, 4.69) is 4.72 Å². The Kier molecular flexibility index (Phi) is 4.99. The van der Waals surface area contributed by atoms with Crippen molar-refractivity contribution in [3.05, 3.63) is 38.4 Å². The predicted octanol–water partition coefficient (Wildman–Crippen LogP) is 2.44. The van der Waals surface area contributed by atoms with Crippen LogP contribution in [0.2, 0.25) is 4.34 Å². The molecule has 8 heteroatoms. The van der Waals surface area contributed by atoms with Gasteiger partial charge in [-0.1, -0.05) is 11.6 Å². The van der Waals surface area contributed by atoms with Crippen LogP contribution < -0.4 is 10.5 Å². The van der Waals surface area contributed by atoms with E-state index in [-0.39, 0.29) is 0 Å². The fraction of sp³-hybridized carbons (Fsp3) is 0.273. The number of thiophene rings is 2. The highest BCUT2D eigenvalue weighted by Gasteiger charge is 2.15. The average molecular weight is 337 g/mol. The van der Waals surface area contributed by atoms with Crippen molar-refractivity contribution in [3.63, 3.8) is 0 Å². The maximum atomic E-state index is 12.0. The lowest BCUT2D eigenvalue weighted by Gasteiger charge is -2.03. The van der Waals surface area contributed by atoms with Crippen LogP contribution in [0.4, 0.5) is 0 Å². The number of nitrogens with two attached hydrogens (primary N) is 1. The highest BCUT2D eigenvalue weighted by atomic mass is 35.5. The molecule has 0 aliphatic carbocycles. The first kappa shape index (κ1) is 15.0. The smallest absolute Gasteiger partial charge is 0.250 e. The average Bonchev–Trinajstić information content (AvgIpc) is 2.98. The summed E-state index contributed by atoms with van der Waals surface area (Å²) in [6.07, 6.45) is 0.631. The molecule has 0 bridgehead atoms. The molecule has 3 N–H and O–H groups in total. The minimum atomic E-state index is -3.43. The van der Waals surface area contributed by atoms with E-state index < -0.39 is 10.0 Å². The Labute approximate surface area is 125 Å². The van der Waals surface area contributed by atoms with E-state index in [4.69, 9.17) is 17.3 Å². The number of hydrogen-bond donors (Lipinski definition) is 2. The van der Waals surface area contributed by atoms with Crippen LogP contribution >= 0.6 is 34.3 Å². The molecular weight excluding hydrogens is 324 g/mol. The first-order valence-electron chi connectivity index (χ1n) is 5.54. The van der Waals surface area contributed by atoms with Gasteiger partial charge in [0.25, 0.3) is 0 Å². The number of halogens is 1. The summed E-state index contributed by atoms with van der Waals surface area (Å²) in [4.78, 5) is 1.91. The Morgan fingerprint density at radius 2 is 1.89 bits per heavy atom. The molecule has 0 fully saturated rings. The van der Waals surface area contributed by atoms with E-state index in [9.17, 15) is 8.42 Å². The van der Waals surface area contributed by atoms with Crippen LogP contribution in [0.15, 0.2) is 28.5 Å². The molecule has 2 aromatic heterocycles. The second-order valence-corrected chi connectivity index (χ2v) is 8.74. The van der Waals surface area contributed by atoms with Gasteiger partial charge < -0.3 is 5.73 Å². The number of rotatable bonds is 6. The van der Waals surface area contributed by atoms with E-state index in [0.717, 1.165) is 9.75 Å². The zero-order chi connectivity index (χ0) is 13.9. The summed E-state index contributed by atoms with van der Waals surface area (Å²) in [6, 6.07) is 7.03. The summed E-state index contributed by atoms with van der Waals surface area (Å²) >= 11 is 8.47. The Balaban J connectivity index is 1.94. The molecular formula is C11H13ClN2O2S3. The fourth-order valence-electron chi connectivity index (χ4n) is 1.48. The Hall–Kier alpha value is -0.440. The van der Waals surface area contributed by atoms with E-state index >= 15 is 0 Å². The van der Waals surface area contributed by atoms with Gasteiger partial charge in [-0.2, -0.15) is 0 Å². The molecule has 0 saturated heterocycles. The lowest BCUT2D eigenvalue weighted by atomic mass is 10.3. The topological polar surface area (TPSA) is 72.2 Å². The number of nitrogens with one attached hydrogen (secondary N) is 1. The minimum Gasteiger partial charge on any atom is -0.326 e. The van der Waals surface area contributed by atoms with Gasteiger partial charge >= 0.3 is 0 Å². The molecule has 2 heterocycles. The van der Waals surface area contributed by atoms with Gasteiger partial charge in [-0.25, -0.2) is 13.1 Å². The van der Waals surface area contributed by atoms with Crippen LogP contribution in [0.5, 0.6) is 0 Å². The lowest BCUT2D eigenvalue weighted by molar-refractivity contribution is 0.584. The second kappa shape index (κ2) is 6.34. The quantitative estimate of drug-likeness (QED) is 0.851. The third-order valence-corrected chi connectivity index (χ3v) is 6.75. The molecule has 0 saturated carbocycles. The molecule has 2 aromatic rings. The van der Waals surface area contributed by atoms with E-state index in [1.807, 2.05) is 12.1 Å². The maximum absolute atomic E-state index is 12.0. The zero-order valence-electron chi connectivity index (χ0n) is 9.93. The summed E-state index contributed by atoms with van der Waals surface area (Å²) in [5.41, 5.74) is 5.47. The monoisotopic (exact) mass is 336 g/mol. The first-order chi connectivity index (χ1) is 9.01. The fourth-order valence-corrected chi connectivity index (χ4v) is 4.88. The van der Waals surface area contributed by atoms with Crippen molar-refractivity contribution < 1.29 is 8.42 Å². The molecule has 0 radical (unpaired) electrons. The largest absolute Gasteiger partial charge is 0.326 e. The van der Waals surface area contributed by atoms with Crippen LogP contribution in [-0.4, -0.2) is 15.0 Å². The van der Waals surface area contributed by atoms with Crippen molar-refractivity contribution >= 4 is 44.3 Å². The minimum absolute atomic E-state index is 0.303. The molecule has 0 aliphatic rings. The van der Waals surface area contributed by atoms with Crippen molar-refractivity contribution in [2.24, 2.45) is 5.73 Å². The van der Waals surface area contributed by atoms with Crippen LogP contribution in [0.3, 0.4) is 0 Å². The van der Waals surface area contributed by atoms with Gasteiger partial charge in [0.2, 0.25) is 10.0 Å². The van der Waals surface area contributed by atoms with Gasteiger partial charge in [0.1, 0.15) is 4.21 Å². The molecule has 0 amide bonds. The number of hydrogen-bond acceptors (Lipinski definition) is 5. The summed E-state index contributed by atoms with van der Waals surface area (Å²) in [5.74, 6) is 0. The van der Waals surface area contributed by atoms with Crippen LogP contribution in [-0.2, 0) is 23.0 Å². The van der Waals surface area contributed by atoms with Gasteiger partial charge in [0.15, 0.2) is 0 Å². The molecule has 104 valence electrons. The van der Waals surface area contributed by atoms with Crippen LogP contribution in [0, 0.1) is 0 Å². The number of sulfonamides is 1. The van der Waals surface area contributed by atoms with Crippen molar-refractivity contribution in [2.45, 2.75) is 17.2 Å². The molecule has 0 spiro atoms. The standard InChI is InChI=1S/C11H13ClN2O2S3/c12-10-3-1-8(17-10)5-6-14-19(15,16)11-4-2-9(7-13)18-11/h1-4,14H,5-7,13H2. The molecule has 0 aromatic carbocycles. The second-order valence-electron chi connectivity index (χ2n) is 3.78. The Morgan fingerprint density at radius 3 is 2.47 bits per heavy atom. The van der Waals surface area contributed by atoms with Gasteiger partial charge in [-0.3, -0.25) is 0 Å². The molecule has 19 heavy (non-hydrogen) atoms. The van der Waals surface area contributed by atoms with Crippen molar-refractivity contribution in [1.29, 1.82) is 0 Å². The van der Waals surface area contributed by atoms with E-state index in [1.165, 1.54) is 22.7 Å². The van der Waals surface area contributed by atoms with Crippen molar-refractivity contribution in [1.82, 2.24) is 4.72 Å². The Bertz CT molecular complexity index is 648. The summed E-state index contributed by atoms with van der Waals surface area (Å²) < 4.78 is 27.6. The highest BCUT2D eigenvalue weighted by Crippen LogP contribution is 2.23. The van der Waals surface area contributed by atoms with Crippen molar-refractivity contribution in [3.8, 4) is 0 Å².